The Morgan fingerprint density at radius 1 is 1.15 bits per heavy atom. The highest BCUT2D eigenvalue weighted by atomic mass is 35.5. The van der Waals surface area contributed by atoms with E-state index in [2.05, 4.69) is 14.7 Å². The first-order chi connectivity index (χ1) is 12.7. The van der Waals surface area contributed by atoms with Crippen LogP contribution in [0.5, 0.6) is 5.75 Å². The third kappa shape index (κ3) is 5.21. The number of alkyl halides is 3. The molecule has 2 aromatic carbocycles. The molecule has 0 amide bonds. The zero-order valence-corrected chi connectivity index (χ0v) is 14.9. The molecule has 0 radical (unpaired) electrons. The summed E-state index contributed by atoms with van der Waals surface area (Å²) in [5.74, 6) is 0.211. The fourth-order valence-electron chi connectivity index (χ4n) is 2.65. The quantitative estimate of drug-likeness (QED) is 0.704. The monoisotopic (exact) mass is 397 g/mol. The molecule has 0 fully saturated rings. The van der Waals surface area contributed by atoms with Gasteiger partial charge < -0.3 is 9.72 Å². The Kier molecular flexibility index (Phi) is 5.38. The Bertz CT molecular complexity index is 1000. The number of benzene rings is 2. The topological polar surface area (TPSA) is 58.2 Å². The molecular formula is C18H15ClF3N3O2. The van der Waals surface area contributed by atoms with Crippen molar-refractivity contribution in [2.45, 2.75) is 19.5 Å². The summed E-state index contributed by atoms with van der Waals surface area (Å²) in [5, 5.41) is 0.867. The molecule has 3 rings (SSSR count). The normalized spacial score (nSPS) is 11.9. The summed E-state index contributed by atoms with van der Waals surface area (Å²) in [4.78, 5) is 21.2. The molecule has 0 bridgehead atoms. The molecule has 0 saturated carbocycles. The molecule has 0 aliphatic heterocycles. The van der Waals surface area contributed by atoms with Crippen LogP contribution < -0.4 is 10.3 Å². The van der Waals surface area contributed by atoms with Gasteiger partial charge in [-0.2, -0.15) is 0 Å². The van der Waals surface area contributed by atoms with Crippen molar-refractivity contribution in [3.8, 4) is 5.75 Å². The molecule has 27 heavy (non-hydrogen) atoms. The number of aromatic amines is 1. The molecule has 0 aliphatic rings. The van der Waals surface area contributed by atoms with Crippen LogP contribution in [0.3, 0.4) is 0 Å². The molecule has 3 aromatic rings. The smallest absolute Gasteiger partial charge is 0.406 e. The number of ether oxygens (including phenoxy) is 1. The van der Waals surface area contributed by atoms with Gasteiger partial charge in [-0.15, -0.1) is 13.2 Å². The van der Waals surface area contributed by atoms with Crippen LogP contribution in [0.1, 0.15) is 11.4 Å². The second kappa shape index (κ2) is 7.58. The van der Waals surface area contributed by atoms with E-state index in [4.69, 9.17) is 11.6 Å². The lowest BCUT2D eigenvalue weighted by molar-refractivity contribution is -0.274. The van der Waals surface area contributed by atoms with Gasteiger partial charge in [0.15, 0.2) is 0 Å². The molecule has 142 valence electrons. The number of halogens is 4. The number of H-pyrrole nitrogens is 1. The van der Waals surface area contributed by atoms with E-state index in [9.17, 15) is 18.0 Å². The van der Waals surface area contributed by atoms with Gasteiger partial charge in [-0.25, -0.2) is 4.98 Å². The molecular weight excluding hydrogens is 383 g/mol. The second-order valence-corrected chi connectivity index (χ2v) is 6.47. The summed E-state index contributed by atoms with van der Waals surface area (Å²) in [6.45, 7) is 0.809. The predicted octanol–water partition coefficient (Wildman–Crippen LogP) is 4.11. The number of nitrogens with one attached hydrogen (secondary N) is 1. The fraction of sp³-hybridized carbons (Fsp3) is 0.222. The molecule has 5 nitrogen and oxygen atoms in total. The summed E-state index contributed by atoms with van der Waals surface area (Å²) < 4.78 is 40.4. The highest BCUT2D eigenvalue weighted by Gasteiger charge is 2.30. The van der Waals surface area contributed by atoms with Crippen LogP contribution >= 0.6 is 11.6 Å². The zero-order chi connectivity index (χ0) is 19.6. The molecule has 0 spiro atoms. The number of nitrogens with zero attached hydrogens (tertiary/aromatic N) is 2. The first kappa shape index (κ1) is 19.2. The van der Waals surface area contributed by atoms with Crippen molar-refractivity contribution >= 4 is 22.5 Å². The standard InChI is InChI=1S/C18H15ClF3N3O2/c1-25(9-11-2-5-13(6-3-11)27-18(20,21)22)10-16-23-15-7-4-12(19)8-14(15)17(26)24-16/h2-8H,9-10H2,1H3,(H,23,24,26). The maximum atomic E-state index is 12.2. The van der Waals surface area contributed by atoms with Gasteiger partial charge in [-0.1, -0.05) is 23.7 Å². The molecule has 1 heterocycles. The van der Waals surface area contributed by atoms with Crippen LogP contribution in [0, 0.1) is 0 Å². The molecule has 1 N–H and O–H groups in total. The van der Waals surface area contributed by atoms with Gasteiger partial charge in [0.05, 0.1) is 17.4 Å². The summed E-state index contributed by atoms with van der Waals surface area (Å²) in [6.07, 6.45) is -4.71. The Balaban J connectivity index is 1.69. The van der Waals surface area contributed by atoms with E-state index in [1.54, 1.807) is 30.3 Å². The minimum Gasteiger partial charge on any atom is -0.406 e. The summed E-state index contributed by atoms with van der Waals surface area (Å²) in [7, 11) is 1.81. The molecule has 0 atom stereocenters. The number of fused-ring (bicyclic) bond motifs is 1. The largest absolute Gasteiger partial charge is 0.573 e. The lowest BCUT2D eigenvalue weighted by Crippen LogP contribution is -2.22. The lowest BCUT2D eigenvalue weighted by Gasteiger charge is -2.17. The van der Waals surface area contributed by atoms with Crippen molar-refractivity contribution in [2.24, 2.45) is 0 Å². The average Bonchev–Trinajstić information content (AvgIpc) is 2.56. The van der Waals surface area contributed by atoms with Gasteiger partial charge in [0.25, 0.3) is 5.56 Å². The van der Waals surface area contributed by atoms with Gasteiger partial charge in [0.2, 0.25) is 0 Å². The maximum Gasteiger partial charge on any atom is 0.573 e. The van der Waals surface area contributed by atoms with Crippen molar-refractivity contribution in [3.05, 3.63) is 69.2 Å². The van der Waals surface area contributed by atoms with Gasteiger partial charge >= 0.3 is 6.36 Å². The molecule has 0 aliphatic carbocycles. The Hall–Kier alpha value is -2.58. The lowest BCUT2D eigenvalue weighted by atomic mass is 10.2. The van der Waals surface area contributed by atoms with Crippen LogP contribution in [-0.2, 0) is 13.1 Å². The van der Waals surface area contributed by atoms with Crippen molar-refractivity contribution in [1.29, 1.82) is 0 Å². The SMILES string of the molecule is CN(Cc1ccc(OC(F)(F)F)cc1)Cc1nc2ccc(Cl)cc2c(=O)[nH]1. The van der Waals surface area contributed by atoms with Crippen LogP contribution in [0.15, 0.2) is 47.3 Å². The Labute approximate surface area is 157 Å². The van der Waals surface area contributed by atoms with E-state index in [0.29, 0.717) is 34.8 Å². The number of hydrogen-bond donors (Lipinski definition) is 1. The van der Waals surface area contributed by atoms with Gasteiger partial charge in [0, 0.05) is 11.6 Å². The highest BCUT2D eigenvalue weighted by molar-refractivity contribution is 6.31. The highest BCUT2D eigenvalue weighted by Crippen LogP contribution is 2.23. The predicted molar refractivity (Wildman–Crippen MR) is 95.7 cm³/mol. The number of aromatic nitrogens is 2. The van der Waals surface area contributed by atoms with Crippen LogP contribution in [0.4, 0.5) is 13.2 Å². The Morgan fingerprint density at radius 3 is 2.52 bits per heavy atom. The summed E-state index contributed by atoms with van der Waals surface area (Å²) in [5.41, 5.74) is 1.06. The minimum absolute atomic E-state index is 0.270. The molecule has 0 unspecified atom stereocenters. The van der Waals surface area contributed by atoms with Crippen molar-refractivity contribution in [3.63, 3.8) is 0 Å². The zero-order valence-electron chi connectivity index (χ0n) is 14.2. The van der Waals surface area contributed by atoms with E-state index < -0.39 is 6.36 Å². The van der Waals surface area contributed by atoms with Crippen LogP contribution in [0.2, 0.25) is 5.02 Å². The van der Waals surface area contributed by atoms with E-state index in [0.717, 1.165) is 5.56 Å². The minimum atomic E-state index is -4.71. The van der Waals surface area contributed by atoms with Crippen molar-refractivity contribution in [1.82, 2.24) is 14.9 Å². The van der Waals surface area contributed by atoms with E-state index in [1.807, 2.05) is 11.9 Å². The second-order valence-electron chi connectivity index (χ2n) is 6.04. The van der Waals surface area contributed by atoms with E-state index in [1.165, 1.54) is 12.1 Å². The summed E-state index contributed by atoms with van der Waals surface area (Å²) in [6, 6.07) is 10.5. The molecule has 1 aromatic heterocycles. The van der Waals surface area contributed by atoms with Crippen LogP contribution in [0.25, 0.3) is 10.9 Å². The van der Waals surface area contributed by atoms with Gasteiger partial charge in [-0.3, -0.25) is 9.69 Å². The first-order valence-electron chi connectivity index (χ1n) is 7.91. The van der Waals surface area contributed by atoms with Crippen molar-refractivity contribution < 1.29 is 17.9 Å². The third-order valence-electron chi connectivity index (χ3n) is 3.75. The molecule has 9 heteroatoms. The van der Waals surface area contributed by atoms with Gasteiger partial charge in [0.1, 0.15) is 11.6 Å². The van der Waals surface area contributed by atoms with E-state index in [-0.39, 0.29) is 11.3 Å². The fourth-order valence-corrected chi connectivity index (χ4v) is 2.83. The Morgan fingerprint density at radius 2 is 1.85 bits per heavy atom. The molecule has 0 saturated heterocycles. The third-order valence-corrected chi connectivity index (χ3v) is 3.98. The summed E-state index contributed by atoms with van der Waals surface area (Å²) >= 11 is 5.89. The van der Waals surface area contributed by atoms with Gasteiger partial charge in [-0.05, 0) is 42.9 Å². The van der Waals surface area contributed by atoms with Crippen LogP contribution in [-0.4, -0.2) is 28.3 Å². The number of rotatable bonds is 5. The number of hydrogen-bond acceptors (Lipinski definition) is 4. The van der Waals surface area contributed by atoms with Crippen molar-refractivity contribution in [2.75, 3.05) is 7.05 Å². The van der Waals surface area contributed by atoms with E-state index >= 15 is 0 Å². The average molecular weight is 398 g/mol. The maximum absolute atomic E-state index is 12.2. The first-order valence-corrected chi connectivity index (χ1v) is 8.29.